The van der Waals surface area contributed by atoms with E-state index in [4.69, 9.17) is 9.84 Å². The van der Waals surface area contributed by atoms with Gasteiger partial charge in [-0.2, -0.15) is 0 Å². The second-order valence-corrected chi connectivity index (χ2v) is 6.21. The monoisotopic (exact) mass is 340 g/mol. The third-order valence-corrected chi connectivity index (χ3v) is 4.54. The first-order valence-corrected chi connectivity index (χ1v) is 8.64. The molecular formula is C20H24N2O3. The average Bonchev–Trinajstić information content (AvgIpc) is 2.67. The first kappa shape index (κ1) is 17.6. The molecule has 0 amide bonds. The van der Waals surface area contributed by atoms with Gasteiger partial charge >= 0.3 is 5.97 Å². The number of nitrogens with zero attached hydrogens (tertiary/aromatic N) is 1. The normalized spacial score (nSPS) is 16.5. The summed E-state index contributed by atoms with van der Waals surface area (Å²) >= 11 is 0. The van der Waals surface area contributed by atoms with Gasteiger partial charge in [-0.15, -0.1) is 0 Å². The summed E-state index contributed by atoms with van der Waals surface area (Å²) in [6, 6.07) is 17.9. The highest BCUT2D eigenvalue weighted by molar-refractivity contribution is 5.87. The molecular weight excluding hydrogens is 316 g/mol. The Kier molecular flexibility index (Phi) is 6.17. The van der Waals surface area contributed by atoms with Crippen molar-refractivity contribution in [2.24, 2.45) is 0 Å². The molecule has 2 aromatic rings. The van der Waals surface area contributed by atoms with Gasteiger partial charge in [-0.25, -0.2) is 4.79 Å². The number of carbonyl (C=O) groups is 1. The molecule has 25 heavy (non-hydrogen) atoms. The van der Waals surface area contributed by atoms with Gasteiger partial charge in [-0.3, -0.25) is 4.90 Å². The minimum Gasteiger partial charge on any atom is -0.478 e. The molecule has 0 saturated carbocycles. The van der Waals surface area contributed by atoms with Crippen LogP contribution in [-0.2, 0) is 11.3 Å². The van der Waals surface area contributed by atoms with Crippen molar-refractivity contribution in [2.45, 2.75) is 12.6 Å². The van der Waals surface area contributed by atoms with E-state index < -0.39 is 5.97 Å². The van der Waals surface area contributed by atoms with Crippen LogP contribution in [0.3, 0.4) is 0 Å². The van der Waals surface area contributed by atoms with Gasteiger partial charge in [0.05, 0.1) is 18.8 Å². The van der Waals surface area contributed by atoms with E-state index in [9.17, 15) is 4.79 Å². The van der Waals surface area contributed by atoms with Crippen LogP contribution in [0.1, 0.15) is 27.5 Å². The van der Waals surface area contributed by atoms with Crippen molar-refractivity contribution in [3.8, 4) is 0 Å². The Balaban J connectivity index is 1.61. The molecule has 1 saturated heterocycles. The molecule has 1 heterocycles. The van der Waals surface area contributed by atoms with Crippen LogP contribution in [0.25, 0.3) is 0 Å². The predicted molar refractivity (Wildman–Crippen MR) is 96.7 cm³/mol. The molecule has 0 aromatic heterocycles. The summed E-state index contributed by atoms with van der Waals surface area (Å²) in [5.41, 5.74) is 2.70. The minimum atomic E-state index is -0.893. The van der Waals surface area contributed by atoms with Crippen LogP contribution in [0, 0.1) is 0 Å². The molecule has 5 heteroatoms. The summed E-state index contributed by atoms with van der Waals surface area (Å²) < 4.78 is 5.48. The first-order chi connectivity index (χ1) is 12.2. The van der Waals surface area contributed by atoms with Gasteiger partial charge in [-0.05, 0) is 23.3 Å². The van der Waals surface area contributed by atoms with Crippen molar-refractivity contribution in [3.63, 3.8) is 0 Å². The topological polar surface area (TPSA) is 61.8 Å². The van der Waals surface area contributed by atoms with E-state index >= 15 is 0 Å². The fourth-order valence-electron chi connectivity index (χ4n) is 3.14. The Morgan fingerprint density at radius 3 is 2.40 bits per heavy atom. The van der Waals surface area contributed by atoms with Crippen LogP contribution in [0.15, 0.2) is 54.6 Å². The van der Waals surface area contributed by atoms with Gasteiger partial charge in [0.2, 0.25) is 0 Å². The van der Waals surface area contributed by atoms with E-state index in [0.29, 0.717) is 18.2 Å². The number of ether oxygens (including phenoxy) is 1. The Hall–Kier alpha value is -2.21. The zero-order valence-electron chi connectivity index (χ0n) is 14.2. The number of aromatic carboxylic acids is 1. The van der Waals surface area contributed by atoms with Crippen molar-refractivity contribution in [3.05, 3.63) is 71.3 Å². The molecule has 0 bridgehead atoms. The van der Waals surface area contributed by atoms with E-state index in [-0.39, 0.29) is 0 Å². The van der Waals surface area contributed by atoms with E-state index in [1.54, 1.807) is 12.1 Å². The van der Waals surface area contributed by atoms with Gasteiger partial charge in [0.1, 0.15) is 0 Å². The summed E-state index contributed by atoms with van der Waals surface area (Å²) in [5, 5.41) is 12.5. The van der Waals surface area contributed by atoms with Crippen LogP contribution < -0.4 is 5.32 Å². The van der Waals surface area contributed by atoms with Gasteiger partial charge in [-0.1, -0.05) is 42.5 Å². The highest BCUT2D eigenvalue weighted by Crippen LogP contribution is 2.21. The summed E-state index contributed by atoms with van der Waals surface area (Å²) in [4.78, 5) is 13.4. The lowest BCUT2D eigenvalue weighted by atomic mass is 10.0. The zero-order valence-corrected chi connectivity index (χ0v) is 14.2. The van der Waals surface area contributed by atoms with Crippen LogP contribution >= 0.6 is 0 Å². The Morgan fingerprint density at radius 2 is 1.76 bits per heavy atom. The fraction of sp³-hybridized carbons (Fsp3) is 0.350. The summed E-state index contributed by atoms with van der Waals surface area (Å²) in [7, 11) is 0. The Morgan fingerprint density at radius 1 is 1.08 bits per heavy atom. The van der Waals surface area contributed by atoms with E-state index in [1.807, 2.05) is 18.2 Å². The van der Waals surface area contributed by atoms with E-state index in [2.05, 4.69) is 34.5 Å². The van der Waals surface area contributed by atoms with Crippen LogP contribution in [-0.4, -0.2) is 48.8 Å². The third kappa shape index (κ3) is 4.89. The summed E-state index contributed by atoms with van der Waals surface area (Å²) in [6.07, 6.45) is 0. The molecule has 0 radical (unpaired) electrons. The lowest BCUT2D eigenvalue weighted by Gasteiger charge is -2.35. The highest BCUT2D eigenvalue weighted by Gasteiger charge is 2.22. The molecule has 3 rings (SSSR count). The second kappa shape index (κ2) is 8.76. The first-order valence-electron chi connectivity index (χ1n) is 8.64. The quantitative estimate of drug-likeness (QED) is 0.811. The van der Waals surface area contributed by atoms with Crippen molar-refractivity contribution in [1.29, 1.82) is 0 Å². The molecule has 1 fully saturated rings. The smallest absolute Gasteiger partial charge is 0.335 e. The molecule has 1 unspecified atom stereocenters. The van der Waals surface area contributed by atoms with Crippen LogP contribution in [0.5, 0.6) is 0 Å². The molecule has 2 N–H and O–H groups in total. The lowest BCUT2D eigenvalue weighted by Crippen LogP contribution is -2.42. The van der Waals surface area contributed by atoms with Crippen molar-refractivity contribution in [2.75, 3.05) is 32.8 Å². The fourth-order valence-corrected chi connectivity index (χ4v) is 3.14. The second-order valence-electron chi connectivity index (χ2n) is 6.21. The highest BCUT2D eigenvalue weighted by atomic mass is 16.5. The molecule has 132 valence electrons. The number of morpholine rings is 1. The van der Waals surface area contributed by atoms with Crippen LogP contribution in [0.4, 0.5) is 0 Å². The Bertz CT molecular complexity index is 667. The maximum atomic E-state index is 10.9. The van der Waals surface area contributed by atoms with E-state index in [0.717, 1.165) is 38.4 Å². The Labute approximate surface area is 148 Å². The number of carboxylic acid groups (broad SMARTS) is 1. The maximum absolute atomic E-state index is 10.9. The molecule has 1 aliphatic rings. The summed E-state index contributed by atoms with van der Waals surface area (Å²) in [6.45, 7) is 4.99. The van der Waals surface area contributed by atoms with E-state index in [1.165, 1.54) is 5.56 Å². The van der Waals surface area contributed by atoms with Crippen LogP contribution in [0.2, 0.25) is 0 Å². The number of rotatable bonds is 7. The average molecular weight is 340 g/mol. The van der Waals surface area contributed by atoms with Gasteiger partial charge < -0.3 is 15.2 Å². The van der Waals surface area contributed by atoms with Gasteiger partial charge in [0.25, 0.3) is 0 Å². The molecule has 0 spiro atoms. The van der Waals surface area contributed by atoms with Crippen molar-refractivity contribution >= 4 is 5.97 Å². The molecule has 5 nitrogen and oxygen atoms in total. The van der Waals surface area contributed by atoms with Gasteiger partial charge in [0.15, 0.2) is 0 Å². The largest absolute Gasteiger partial charge is 0.478 e. The number of carboxylic acids is 1. The molecule has 2 aromatic carbocycles. The number of nitrogens with one attached hydrogen (secondary N) is 1. The number of hydrogen-bond donors (Lipinski definition) is 2. The minimum absolute atomic E-state index is 0.309. The number of hydrogen-bond acceptors (Lipinski definition) is 4. The zero-order chi connectivity index (χ0) is 17.5. The SMILES string of the molecule is O=C(O)c1ccc(CNCC(c2ccccc2)N2CCOCC2)cc1. The molecule has 1 aliphatic heterocycles. The molecule has 0 aliphatic carbocycles. The number of benzene rings is 2. The van der Waals surface area contributed by atoms with Crippen molar-refractivity contribution < 1.29 is 14.6 Å². The predicted octanol–water partition coefficient (Wildman–Crippen LogP) is 2.55. The third-order valence-electron chi connectivity index (χ3n) is 4.54. The van der Waals surface area contributed by atoms with Crippen molar-refractivity contribution in [1.82, 2.24) is 10.2 Å². The standard InChI is InChI=1S/C20H24N2O3/c23-20(24)18-8-6-16(7-9-18)14-21-15-19(17-4-2-1-3-5-17)22-10-12-25-13-11-22/h1-9,19,21H,10-15H2,(H,23,24). The maximum Gasteiger partial charge on any atom is 0.335 e. The summed E-state index contributed by atoms with van der Waals surface area (Å²) in [5.74, 6) is -0.893. The molecule has 1 atom stereocenters. The lowest BCUT2D eigenvalue weighted by molar-refractivity contribution is 0.0161. The van der Waals surface area contributed by atoms with Gasteiger partial charge in [0, 0.05) is 32.2 Å².